The molecule has 31 heavy (non-hydrogen) atoms. The van der Waals surface area contributed by atoms with E-state index in [2.05, 4.69) is 18.7 Å². The minimum Gasteiger partial charge on any atom is -0.354 e. The summed E-state index contributed by atoms with van der Waals surface area (Å²) in [5.41, 5.74) is 0.232. The lowest BCUT2D eigenvalue weighted by Gasteiger charge is -2.50. The van der Waals surface area contributed by atoms with Gasteiger partial charge >= 0.3 is 0 Å². The van der Waals surface area contributed by atoms with Crippen LogP contribution in [0.25, 0.3) is 10.9 Å². The first-order valence-corrected chi connectivity index (χ1v) is 10.8. The number of hydrogen-bond acceptors (Lipinski definition) is 4. The molecule has 0 saturated carbocycles. The number of halogens is 2. The lowest BCUT2D eigenvalue weighted by Crippen LogP contribution is -2.65. The molecule has 168 valence electrons. The maximum atomic E-state index is 15.2. The number of aryl methyl sites for hydroxylation is 1. The number of anilines is 2. The first-order valence-electron chi connectivity index (χ1n) is 10.8. The van der Waals surface area contributed by atoms with E-state index < -0.39 is 23.2 Å². The van der Waals surface area contributed by atoms with Crippen LogP contribution in [0.3, 0.4) is 0 Å². The van der Waals surface area contributed by atoms with Gasteiger partial charge in [0, 0.05) is 43.7 Å². The Hall–Kier alpha value is -2.48. The van der Waals surface area contributed by atoms with Crippen molar-refractivity contribution >= 4 is 28.2 Å². The summed E-state index contributed by atoms with van der Waals surface area (Å²) >= 11 is 0. The van der Waals surface area contributed by atoms with E-state index in [1.54, 1.807) is 4.90 Å². The molecule has 3 heterocycles. The Morgan fingerprint density at radius 2 is 1.81 bits per heavy atom. The summed E-state index contributed by atoms with van der Waals surface area (Å²) in [4.78, 5) is 32.6. The highest BCUT2D eigenvalue weighted by molar-refractivity contribution is 6.12. The molecule has 6 nitrogen and oxygen atoms in total. The quantitative estimate of drug-likeness (QED) is 0.748. The number of amides is 1. The van der Waals surface area contributed by atoms with E-state index in [-0.39, 0.29) is 28.7 Å². The van der Waals surface area contributed by atoms with Crippen molar-refractivity contribution in [3.05, 3.63) is 33.6 Å². The molecule has 1 aromatic carbocycles. The first kappa shape index (κ1) is 21.7. The lowest BCUT2D eigenvalue weighted by atomic mass is 9.97. The summed E-state index contributed by atoms with van der Waals surface area (Å²) in [6.45, 7) is 8.91. The van der Waals surface area contributed by atoms with E-state index in [4.69, 9.17) is 0 Å². The smallest absolute Gasteiger partial charge is 0.277 e. The third-order valence-corrected chi connectivity index (χ3v) is 6.83. The van der Waals surface area contributed by atoms with Crippen LogP contribution in [0.5, 0.6) is 0 Å². The van der Waals surface area contributed by atoms with Gasteiger partial charge in [0.15, 0.2) is 5.82 Å². The second-order valence-electron chi connectivity index (χ2n) is 9.38. The molecule has 4 rings (SSSR count). The number of carbonyl (C=O) groups is 1. The van der Waals surface area contributed by atoms with Gasteiger partial charge < -0.3 is 14.4 Å². The van der Waals surface area contributed by atoms with E-state index in [0.717, 1.165) is 6.42 Å². The number of piperazine rings is 1. The Morgan fingerprint density at radius 3 is 2.45 bits per heavy atom. The molecule has 2 unspecified atom stereocenters. The summed E-state index contributed by atoms with van der Waals surface area (Å²) < 4.78 is 31.0. The predicted molar refractivity (Wildman–Crippen MR) is 119 cm³/mol. The Labute approximate surface area is 181 Å². The van der Waals surface area contributed by atoms with Gasteiger partial charge in [-0.05, 0) is 39.3 Å². The number of rotatable bonds is 3. The number of likely N-dealkylation sites (N-methyl/N-ethyl adjacent to an activating group) is 1. The van der Waals surface area contributed by atoms with E-state index in [0.29, 0.717) is 36.6 Å². The number of aromatic nitrogens is 1. The normalized spacial score (nSPS) is 21.8. The summed E-state index contributed by atoms with van der Waals surface area (Å²) in [7, 11) is 3.45. The number of pyridine rings is 1. The zero-order chi connectivity index (χ0) is 22.8. The summed E-state index contributed by atoms with van der Waals surface area (Å²) in [6.07, 6.45) is 0.724. The zero-order valence-corrected chi connectivity index (χ0v) is 19.0. The standard InChI is InChI=1S/C23H30F2N4O2/c1-12(2)7-8-28-21-20(29-10-13(3)26(5)11-17(29)22(28)30)15-9-16(24)14(4)18(25)19(15)27(6)23(21)31/h9,12-13,17H,7-8,10-11H2,1-6H3. The lowest BCUT2D eigenvalue weighted by molar-refractivity contribution is -0.121. The molecular formula is C23H30F2N4O2. The molecule has 2 atom stereocenters. The second-order valence-corrected chi connectivity index (χ2v) is 9.38. The summed E-state index contributed by atoms with van der Waals surface area (Å²) in [6, 6.07) is 0.935. The van der Waals surface area contributed by atoms with Crippen LogP contribution in [0.4, 0.5) is 20.2 Å². The maximum Gasteiger partial charge on any atom is 0.277 e. The van der Waals surface area contributed by atoms with Gasteiger partial charge in [0.25, 0.3) is 11.5 Å². The van der Waals surface area contributed by atoms with Crippen LogP contribution in [0.2, 0.25) is 0 Å². The van der Waals surface area contributed by atoms with Crippen LogP contribution in [0.15, 0.2) is 10.9 Å². The fourth-order valence-corrected chi connectivity index (χ4v) is 4.70. The number of hydrogen-bond donors (Lipinski definition) is 0. The first-order chi connectivity index (χ1) is 14.5. The number of fused-ring (bicyclic) bond motifs is 5. The molecule has 0 aliphatic carbocycles. The van der Waals surface area contributed by atoms with E-state index in [1.807, 2.05) is 18.9 Å². The number of benzene rings is 1. The second kappa shape index (κ2) is 7.58. The van der Waals surface area contributed by atoms with Gasteiger partial charge in [-0.1, -0.05) is 13.8 Å². The van der Waals surface area contributed by atoms with Crippen molar-refractivity contribution in [1.82, 2.24) is 9.47 Å². The number of carbonyl (C=O) groups excluding carboxylic acids is 1. The molecule has 0 radical (unpaired) electrons. The molecule has 0 spiro atoms. The van der Waals surface area contributed by atoms with Crippen molar-refractivity contribution in [3.8, 4) is 0 Å². The molecule has 1 fully saturated rings. The van der Waals surface area contributed by atoms with E-state index >= 15 is 4.39 Å². The maximum absolute atomic E-state index is 15.2. The molecule has 0 N–H and O–H groups in total. The molecule has 1 amide bonds. The topological polar surface area (TPSA) is 48.8 Å². The Balaban J connectivity index is 2.07. The van der Waals surface area contributed by atoms with Crippen molar-refractivity contribution in [2.45, 2.75) is 46.2 Å². The van der Waals surface area contributed by atoms with Gasteiger partial charge in [-0.25, -0.2) is 8.78 Å². The van der Waals surface area contributed by atoms with Gasteiger partial charge in [-0.3, -0.25) is 14.5 Å². The van der Waals surface area contributed by atoms with Crippen LogP contribution in [0.1, 0.15) is 32.8 Å². The highest BCUT2D eigenvalue weighted by Crippen LogP contribution is 2.42. The number of nitrogens with zero attached hydrogens (tertiary/aromatic N) is 4. The fraction of sp³-hybridized carbons (Fsp3) is 0.565. The average Bonchev–Trinajstić information content (AvgIpc) is 2.70. The molecule has 1 aromatic heterocycles. The van der Waals surface area contributed by atoms with Crippen molar-refractivity contribution in [1.29, 1.82) is 0 Å². The molecule has 0 bridgehead atoms. The van der Waals surface area contributed by atoms with Gasteiger partial charge in [0.1, 0.15) is 17.5 Å². The van der Waals surface area contributed by atoms with Crippen LogP contribution >= 0.6 is 0 Å². The van der Waals surface area contributed by atoms with Gasteiger partial charge in [0.05, 0.1) is 11.2 Å². The summed E-state index contributed by atoms with van der Waals surface area (Å²) in [5.74, 6) is -1.18. The van der Waals surface area contributed by atoms with Crippen molar-refractivity contribution in [3.63, 3.8) is 0 Å². The highest BCUT2D eigenvalue weighted by atomic mass is 19.1. The zero-order valence-electron chi connectivity index (χ0n) is 19.0. The Morgan fingerprint density at radius 1 is 1.13 bits per heavy atom. The minimum atomic E-state index is -0.734. The summed E-state index contributed by atoms with van der Waals surface area (Å²) in [5, 5.41) is 0.335. The minimum absolute atomic E-state index is 0.0751. The Bertz CT molecular complexity index is 1130. The molecule has 1 saturated heterocycles. The molecular weight excluding hydrogens is 402 g/mol. The molecule has 2 aliphatic heterocycles. The molecule has 8 heteroatoms. The monoisotopic (exact) mass is 432 g/mol. The largest absolute Gasteiger partial charge is 0.354 e. The van der Waals surface area contributed by atoms with E-state index in [1.165, 1.54) is 24.6 Å². The SMILES string of the molecule is Cc1c(F)cc2c3c(c(=O)n(C)c2c1F)N(CCC(C)C)C(=O)C1CN(C)C(C)CN31. The van der Waals surface area contributed by atoms with Gasteiger partial charge in [-0.2, -0.15) is 0 Å². The molecule has 2 aromatic rings. The van der Waals surface area contributed by atoms with E-state index in [9.17, 15) is 14.0 Å². The third-order valence-electron chi connectivity index (χ3n) is 6.83. The van der Waals surface area contributed by atoms with Gasteiger partial charge in [0.2, 0.25) is 0 Å². The molecule has 2 aliphatic rings. The van der Waals surface area contributed by atoms with Crippen molar-refractivity contribution < 1.29 is 13.6 Å². The predicted octanol–water partition coefficient (Wildman–Crippen LogP) is 3.03. The average molecular weight is 433 g/mol. The van der Waals surface area contributed by atoms with Crippen LogP contribution in [-0.4, -0.2) is 54.1 Å². The Kier molecular flexibility index (Phi) is 5.32. The van der Waals surface area contributed by atoms with Crippen LogP contribution in [0, 0.1) is 24.5 Å². The van der Waals surface area contributed by atoms with Crippen molar-refractivity contribution in [2.75, 3.05) is 36.5 Å². The highest BCUT2D eigenvalue weighted by Gasteiger charge is 2.45. The van der Waals surface area contributed by atoms with Crippen LogP contribution in [-0.2, 0) is 11.8 Å². The van der Waals surface area contributed by atoms with Gasteiger partial charge in [-0.15, -0.1) is 0 Å². The van der Waals surface area contributed by atoms with Crippen LogP contribution < -0.4 is 15.4 Å². The van der Waals surface area contributed by atoms with Crippen molar-refractivity contribution in [2.24, 2.45) is 13.0 Å². The third kappa shape index (κ3) is 3.23. The fourth-order valence-electron chi connectivity index (χ4n) is 4.70.